The lowest BCUT2D eigenvalue weighted by Gasteiger charge is -2.27. The first-order chi connectivity index (χ1) is 13.2. The first-order valence-electron chi connectivity index (χ1n) is 9.39. The fourth-order valence-corrected chi connectivity index (χ4v) is 3.73. The van der Waals surface area contributed by atoms with Crippen molar-refractivity contribution in [2.45, 2.75) is 25.3 Å². The lowest BCUT2D eigenvalue weighted by atomic mass is 10.0. The van der Waals surface area contributed by atoms with E-state index in [4.69, 9.17) is 9.47 Å². The van der Waals surface area contributed by atoms with Crippen LogP contribution < -0.4 is 14.8 Å². The van der Waals surface area contributed by atoms with Crippen LogP contribution in [0.4, 0.5) is 9.18 Å². The fourth-order valence-electron chi connectivity index (χ4n) is 3.73. The number of ether oxygens (including phenoxy) is 2. The maximum absolute atomic E-state index is 13.2. The molecule has 0 saturated carbocycles. The number of likely N-dealkylation sites (tertiary alicyclic amines) is 1. The Morgan fingerprint density at radius 1 is 1.15 bits per heavy atom. The lowest BCUT2D eigenvalue weighted by molar-refractivity contribution is 0.170. The molecule has 142 valence electrons. The second kappa shape index (κ2) is 7.86. The highest BCUT2D eigenvalue weighted by molar-refractivity contribution is 5.75. The number of fused-ring (bicyclic) bond motifs is 1. The summed E-state index contributed by atoms with van der Waals surface area (Å²) in [5.74, 6) is 1.25. The summed E-state index contributed by atoms with van der Waals surface area (Å²) in [6.45, 7) is 2.32. The summed E-state index contributed by atoms with van der Waals surface area (Å²) in [5.41, 5.74) is 1.94. The molecule has 2 aliphatic heterocycles. The van der Waals surface area contributed by atoms with Crippen molar-refractivity contribution in [1.82, 2.24) is 10.2 Å². The molecule has 2 aromatic rings. The van der Waals surface area contributed by atoms with Gasteiger partial charge < -0.3 is 19.7 Å². The molecule has 2 aliphatic rings. The maximum Gasteiger partial charge on any atom is 0.317 e. The maximum atomic E-state index is 13.2. The number of rotatable bonds is 4. The van der Waals surface area contributed by atoms with Crippen LogP contribution in [-0.4, -0.2) is 37.2 Å². The molecule has 5 nitrogen and oxygen atoms in total. The molecule has 1 fully saturated rings. The molecule has 1 N–H and O–H groups in total. The van der Waals surface area contributed by atoms with Gasteiger partial charge in [-0.05, 0) is 54.7 Å². The zero-order valence-corrected chi connectivity index (χ0v) is 15.1. The molecule has 2 aromatic carbocycles. The number of hydrogen-bond donors (Lipinski definition) is 1. The Balaban J connectivity index is 1.38. The Hall–Kier alpha value is -2.76. The average molecular weight is 370 g/mol. The Kier molecular flexibility index (Phi) is 5.14. The van der Waals surface area contributed by atoms with Crippen molar-refractivity contribution < 1.29 is 18.7 Å². The van der Waals surface area contributed by atoms with Gasteiger partial charge in [0.25, 0.3) is 0 Å². The molecular weight excluding hydrogens is 347 g/mol. The van der Waals surface area contributed by atoms with Gasteiger partial charge in [0.15, 0.2) is 11.5 Å². The van der Waals surface area contributed by atoms with Crippen LogP contribution in [0.15, 0.2) is 42.5 Å². The molecule has 1 unspecified atom stereocenters. The summed E-state index contributed by atoms with van der Waals surface area (Å²) in [6, 6.07) is 12.3. The number of carbonyl (C=O) groups excluding carboxylic acids is 1. The minimum atomic E-state index is -0.253. The van der Waals surface area contributed by atoms with Gasteiger partial charge in [-0.15, -0.1) is 0 Å². The standard InChI is InChI=1S/C21H23FN2O3/c22-17-4-1-3-15(13-17)8-9-23-21(25)24-10-2-5-18(24)16-6-7-19-20(14-16)27-12-11-26-19/h1,3-4,6-7,13-14,18H,2,5,8-12H2,(H,23,25). The van der Waals surface area contributed by atoms with Gasteiger partial charge in [0.1, 0.15) is 19.0 Å². The van der Waals surface area contributed by atoms with E-state index in [-0.39, 0.29) is 17.9 Å². The molecule has 0 radical (unpaired) electrons. The van der Waals surface area contributed by atoms with Crippen LogP contribution in [0.3, 0.4) is 0 Å². The number of hydrogen-bond acceptors (Lipinski definition) is 3. The van der Waals surface area contributed by atoms with Crippen LogP contribution in [0.2, 0.25) is 0 Å². The van der Waals surface area contributed by atoms with Gasteiger partial charge in [0.05, 0.1) is 6.04 Å². The molecule has 2 heterocycles. The van der Waals surface area contributed by atoms with Gasteiger partial charge in [-0.2, -0.15) is 0 Å². The number of benzene rings is 2. The van der Waals surface area contributed by atoms with Gasteiger partial charge >= 0.3 is 6.03 Å². The number of halogens is 1. The third-order valence-corrected chi connectivity index (χ3v) is 5.04. The summed E-state index contributed by atoms with van der Waals surface area (Å²) < 4.78 is 24.5. The first-order valence-corrected chi connectivity index (χ1v) is 9.39. The molecule has 4 rings (SSSR count). The van der Waals surface area contributed by atoms with Crippen LogP contribution in [-0.2, 0) is 6.42 Å². The van der Waals surface area contributed by atoms with Crippen molar-refractivity contribution in [3.63, 3.8) is 0 Å². The van der Waals surface area contributed by atoms with Crippen LogP contribution in [0.5, 0.6) is 11.5 Å². The summed E-state index contributed by atoms with van der Waals surface area (Å²) >= 11 is 0. The Morgan fingerprint density at radius 2 is 2.00 bits per heavy atom. The molecule has 6 heteroatoms. The highest BCUT2D eigenvalue weighted by Crippen LogP contribution is 2.38. The van der Waals surface area contributed by atoms with Crippen LogP contribution in [0.1, 0.15) is 30.0 Å². The first kappa shape index (κ1) is 17.6. The molecule has 1 saturated heterocycles. The second-order valence-electron chi connectivity index (χ2n) is 6.87. The van der Waals surface area contributed by atoms with E-state index in [0.717, 1.165) is 42.0 Å². The Morgan fingerprint density at radius 3 is 2.85 bits per heavy atom. The quantitative estimate of drug-likeness (QED) is 0.893. The molecule has 2 amide bonds. The summed E-state index contributed by atoms with van der Waals surface area (Å²) in [6.07, 6.45) is 2.50. The summed E-state index contributed by atoms with van der Waals surface area (Å²) in [4.78, 5) is 14.5. The highest BCUT2D eigenvalue weighted by Gasteiger charge is 2.30. The molecule has 0 aromatic heterocycles. The van der Waals surface area contributed by atoms with Crippen molar-refractivity contribution in [3.8, 4) is 11.5 Å². The predicted octanol–water partition coefficient (Wildman–Crippen LogP) is 3.69. The molecule has 27 heavy (non-hydrogen) atoms. The van der Waals surface area contributed by atoms with Gasteiger partial charge in [0, 0.05) is 13.1 Å². The zero-order valence-electron chi connectivity index (χ0n) is 15.1. The largest absolute Gasteiger partial charge is 0.486 e. The molecular formula is C21H23FN2O3. The van der Waals surface area contributed by atoms with E-state index >= 15 is 0 Å². The predicted molar refractivity (Wildman–Crippen MR) is 99.6 cm³/mol. The highest BCUT2D eigenvalue weighted by atomic mass is 19.1. The Bertz CT molecular complexity index is 827. The van der Waals surface area contributed by atoms with Crippen molar-refractivity contribution in [3.05, 3.63) is 59.4 Å². The molecule has 0 spiro atoms. The number of amides is 2. The zero-order chi connectivity index (χ0) is 18.6. The second-order valence-corrected chi connectivity index (χ2v) is 6.87. The SMILES string of the molecule is O=C(NCCc1cccc(F)c1)N1CCCC1c1ccc2c(c1)OCCO2. The Labute approximate surface area is 158 Å². The van der Waals surface area contributed by atoms with E-state index in [1.807, 2.05) is 29.2 Å². The third-order valence-electron chi connectivity index (χ3n) is 5.04. The van der Waals surface area contributed by atoms with Gasteiger partial charge in [-0.1, -0.05) is 18.2 Å². The van der Waals surface area contributed by atoms with Crippen molar-refractivity contribution >= 4 is 6.03 Å². The minimum absolute atomic E-state index is 0.0370. The van der Waals surface area contributed by atoms with Crippen LogP contribution in [0.25, 0.3) is 0 Å². The van der Waals surface area contributed by atoms with Gasteiger partial charge in [-0.25, -0.2) is 9.18 Å². The van der Waals surface area contributed by atoms with E-state index < -0.39 is 0 Å². The molecule has 0 aliphatic carbocycles. The van der Waals surface area contributed by atoms with Crippen LogP contribution in [0, 0.1) is 5.82 Å². The van der Waals surface area contributed by atoms with E-state index in [0.29, 0.717) is 26.2 Å². The monoisotopic (exact) mass is 370 g/mol. The number of carbonyl (C=O) groups is 1. The van der Waals surface area contributed by atoms with E-state index in [1.54, 1.807) is 6.07 Å². The third kappa shape index (κ3) is 3.99. The average Bonchev–Trinajstić information content (AvgIpc) is 3.17. The smallest absolute Gasteiger partial charge is 0.317 e. The molecule has 1 atom stereocenters. The molecule has 0 bridgehead atoms. The summed E-state index contributed by atoms with van der Waals surface area (Å²) in [7, 11) is 0. The number of nitrogens with one attached hydrogen (secondary N) is 1. The normalized spacial score (nSPS) is 18.4. The van der Waals surface area contributed by atoms with E-state index in [1.165, 1.54) is 12.1 Å². The van der Waals surface area contributed by atoms with E-state index in [9.17, 15) is 9.18 Å². The minimum Gasteiger partial charge on any atom is -0.486 e. The van der Waals surface area contributed by atoms with Gasteiger partial charge in [0.2, 0.25) is 0 Å². The van der Waals surface area contributed by atoms with Crippen molar-refractivity contribution in [2.75, 3.05) is 26.3 Å². The van der Waals surface area contributed by atoms with Crippen molar-refractivity contribution in [2.24, 2.45) is 0 Å². The van der Waals surface area contributed by atoms with Crippen molar-refractivity contribution in [1.29, 1.82) is 0 Å². The fraction of sp³-hybridized carbons (Fsp3) is 0.381. The number of nitrogens with zero attached hydrogens (tertiary/aromatic N) is 1. The van der Waals surface area contributed by atoms with Gasteiger partial charge in [-0.3, -0.25) is 0 Å². The van der Waals surface area contributed by atoms with Crippen LogP contribution >= 0.6 is 0 Å². The van der Waals surface area contributed by atoms with E-state index in [2.05, 4.69) is 5.32 Å². The summed E-state index contributed by atoms with van der Waals surface area (Å²) in [5, 5.41) is 2.96. The number of urea groups is 1. The lowest BCUT2D eigenvalue weighted by Crippen LogP contribution is -2.40. The topological polar surface area (TPSA) is 50.8 Å².